The maximum atomic E-state index is 12.1. The van der Waals surface area contributed by atoms with Crippen LogP contribution in [0.15, 0.2) is 0 Å². The van der Waals surface area contributed by atoms with Crippen LogP contribution in [-0.2, 0) is 4.57 Å². The molecule has 0 bridgehead atoms. The largest absolute Gasteiger partial charge is 0.799 e. The van der Waals surface area contributed by atoms with Gasteiger partial charge in [-0.05, 0) is 18.7 Å². The SMILES string of the molecule is CCCCCCCCCCCCCCCCCCP(=O)([O-])CCC[N+](C)(C)C. The summed E-state index contributed by atoms with van der Waals surface area (Å²) in [6.07, 6.45) is 22.9. The molecule has 0 N–H and O–H groups in total. The highest BCUT2D eigenvalue weighted by Crippen LogP contribution is 2.37. The third kappa shape index (κ3) is 22.4. The van der Waals surface area contributed by atoms with Gasteiger partial charge in [-0.15, -0.1) is 0 Å². The molecular formula is C24H52NO2P. The summed E-state index contributed by atoms with van der Waals surface area (Å²) in [5.74, 6) is 0. The van der Waals surface area contributed by atoms with Crippen molar-refractivity contribution in [1.82, 2.24) is 0 Å². The van der Waals surface area contributed by atoms with Gasteiger partial charge in [-0.2, -0.15) is 0 Å². The molecule has 0 aliphatic heterocycles. The summed E-state index contributed by atoms with van der Waals surface area (Å²) in [5, 5.41) is 0. The normalized spacial score (nSPS) is 14.3. The van der Waals surface area contributed by atoms with Crippen LogP contribution in [-0.4, -0.2) is 44.5 Å². The third-order valence-electron chi connectivity index (χ3n) is 5.68. The van der Waals surface area contributed by atoms with Gasteiger partial charge in [-0.25, -0.2) is 0 Å². The average Bonchev–Trinajstić information content (AvgIpc) is 2.60. The Kier molecular flexibility index (Phi) is 18.1. The average molecular weight is 418 g/mol. The Morgan fingerprint density at radius 2 is 0.893 bits per heavy atom. The van der Waals surface area contributed by atoms with Crippen molar-refractivity contribution in [3.63, 3.8) is 0 Å². The maximum Gasteiger partial charge on any atom is 0.0784 e. The molecule has 0 radical (unpaired) electrons. The lowest BCUT2D eigenvalue weighted by Crippen LogP contribution is -2.35. The summed E-state index contributed by atoms with van der Waals surface area (Å²) < 4.78 is 12.9. The summed E-state index contributed by atoms with van der Waals surface area (Å²) in [7, 11) is 3.22. The quantitative estimate of drug-likeness (QED) is 0.115. The van der Waals surface area contributed by atoms with Gasteiger partial charge < -0.3 is 13.9 Å². The highest BCUT2D eigenvalue weighted by molar-refractivity contribution is 7.56. The predicted octanol–water partition coefficient (Wildman–Crippen LogP) is 6.98. The lowest BCUT2D eigenvalue weighted by atomic mass is 10.0. The topological polar surface area (TPSA) is 40.1 Å². The van der Waals surface area contributed by atoms with Crippen LogP contribution in [0.2, 0.25) is 0 Å². The molecule has 1 unspecified atom stereocenters. The van der Waals surface area contributed by atoms with E-state index in [-0.39, 0.29) is 0 Å². The van der Waals surface area contributed by atoms with Crippen LogP contribution in [0, 0.1) is 0 Å². The Morgan fingerprint density at radius 3 is 1.25 bits per heavy atom. The smallest absolute Gasteiger partial charge is 0.0784 e. The van der Waals surface area contributed by atoms with E-state index in [1.54, 1.807) is 0 Å². The fourth-order valence-electron chi connectivity index (χ4n) is 3.80. The van der Waals surface area contributed by atoms with E-state index in [2.05, 4.69) is 28.1 Å². The van der Waals surface area contributed by atoms with Gasteiger partial charge in [0, 0.05) is 13.8 Å². The monoisotopic (exact) mass is 417 g/mol. The van der Waals surface area contributed by atoms with Gasteiger partial charge in [0.05, 0.1) is 27.7 Å². The van der Waals surface area contributed by atoms with Crippen molar-refractivity contribution in [2.24, 2.45) is 0 Å². The van der Waals surface area contributed by atoms with Gasteiger partial charge in [0.2, 0.25) is 0 Å². The van der Waals surface area contributed by atoms with E-state index in [0.717, 1.165) is 30.3 Å². The van der Waals surface area contributed by atoms with Crippen molar-refractivity contribution < 1.29 is 13.9 Å². The molecule has 0 heterocycles. The Bertz CT molecular complexity index is 379. The second kappa shape index (κ2) is 18.0. The molecular weight excluding hydrogens is 365 g/mol. The van der Waals surface area contributed by atoms with E-state index in [1.165, 1.54) is 89.9 Å². The number of quaternary nitrogens is 1. The van der Waals surface area contributed by atoms with Crippen LogP contribution >= 0.6 is 7.37 Å². The first-order valence-electron chi connectivity index (χ1n) is 12.4. The molecule has 0 fully saturated rings. The zero-order chi connectivity index (χ0) is 21.1. The number of rotatable bonds is 21. The minimum atomic E-state index is -3.13. The van der Waals surface area contributed by atoms with Gasteiger partial charge in [0.15, 0.2) is 0 Å². The Morgan fingerprint density at radius 1 is 0.571 bits per heavy atom. The van der Waals surface area contributed by atoms with E-state index in [9.17, 15) is 9.46 Å². The molecule has 0 amide bonds. The molecule has 0 saturated carbocycles. The van der Waals surface area contributed by atoms with Gasteiger partial charge in [-0.1, -0.05) is 103 Å². The molecule has 0 aromatic heterocycles. The Balaban J connectivity index is 3.29. The molecule has 4 heteroatoms. The molecule has 0 rings (SSSR count). The Labute approximate surface area is 177 Å². The summed E-state index contributed by atoms with van der Waals surface area (Å²) in [5.41, 5.74) is 0. The second-order valence-corrected chi connectivity index (χ2v) is 12.5. The van der Waals surface area contributed by atoms with Crippen molar-refractivity contribution in [3.8, 4) is 0 Å². The molecule has 0 spiro atoms. The molecule has 0 aliphatic carbocycles. The summed E-state index contributed by atoms with van der Waals surface area (Å²) in [6, 6.07) is 0. The van der Waals surface area contributed by atoms with Crippen molar-refractivity contribution >= 4 is 7.37 Å². The standard InChI is InChI=1S/C24H52NO2P/c1-5-6-7-8-9-10-11-12-13-14-15-16-17-18-19-20-23-28(26,27)24-21-22-25(2,3)4/h5-24H2,1-4H3. The molecule has 3 nitrogen and oxygen atoms in total. The summed E-state index contributed by atoms with van der Waals surface area (Å²) in [4.78, 5) is 12.1. The van der Waals surface area contributed by atoms with Gasteiger partial charge >= 0.3 is 0 Å². The molecule has 0 aromatic carbocycles. The minimum Gasteiger partial charge on any atom is -0.799 e. The third-order valence-corrected chi connectivity index (χ3v) is 7.68. The minimum absolute atomic E-state index is 0.390. The van der Waals surface area contributed by atoms with Crippen LogP contribution in [0.1, 0.15) is 116 Å². The van der Waals surface area contributed by atoms with E-state index in [0.29, 0.717) is 12.3 Å². The lowest BCUT2D eigenvalue weighted by molar-refractivity contribution is -0.870. The fourth-order valence-corrected chi connectivity index (χ4v) is 5.35. The fraction of sp³-hybridized carbons (Fsp3) is 1.00. The van der Waals surface area contributed by atoms with Crippen LogP contribution in [0.25, 0.3) is 0 Å². The van der Waals surface area contributed by atoms with E-state index < -0.39 is 7.37 Å². The van der Waals surface area contributed by atoms with Crippen molar-refractivity contribution in [2.45, 2.75) is 116 Å². The highest BCUT2D eigenvalue weighted by Gasteiger charge is 2.11. The van der Waals surface area contributed by atoms with Crippen molar-refractivity contribution in [1.29, 1.82) is 0 Å². The lowest BCUT2D eigenvalue weighted by Gasteiger charge is -2.27. The molecule has 0 aliphatic rings. The first-order valence-corrected chi connectivity index (χ1v) is 14.4. The summed E-state index contributed by atoms with van der Waals surface area (Å²) in [6.45, 7) is 3.21. The van der Waals surface area contributed by atoms with E-state index in [4.69, 9.17) is 0 Å². The molecule has 1 atom stereocenters. The zero-order valence-electron chi connectivity index (χ0n) is 19.9. The van der Waals surface area contributed by atoms with Crippen LogP contribution in [0.5, 0.6) is 0 Å². The van der Waals surface area contributed by atoms with Crippen LogP contribution < -0.4 is 4.89 Å². The molecule has 28 heavy (non-hydrogen) atoms. The number of nitrogens with zero attached hydrogens (tertiary/aromatic N) is 1. The number of hydrogen-bond donors (Lipinski definition) is 0. The summed E-state index contributed by atoms with van der Waals surface area (Å²) >= 11 is 0. The van der Waals surface area contributed by atoms with Gasteiger partial charge in [0.25, 0.3) is 0 Å². The molecule has 0 aromatic rings. The van der Waals surface area contributed by atoms with Crippen molar-refractivity contribution in [3.05, 3.63) is 0 Å². The predicted molar refractivity (Wildman–Crippen MR) is 124 cm³/mol. The number of hydrogen-bond acceptors (Lipinski definition) is 2. The molecule has 170 valence electrons. The first kappa shape index (κ1) is 28.1. The first-order chi connectivity index (χ1) is 13.3. The highest BCUT2D eigenvalue weighted by atomic mass is 31.2. The number of unbranched alkanes of at least 4 members (excludes halogenated alkanes) is 15. The Hall–Kier alpha value is 0.150. The van der Waals surface area contributed by atoms with Gasteiger partial charge in [0.1, 0.15) is 0 Å². The zero-order valence-corrected chi connectivity index (χ0v) is 20.7. The maximum absolute atomic E-state index is 12.1. The van der Waals surface area contributed by atoms with Gasteiger partial charge in [-0.3, -0.25) is 0 Å². The molecule has 0 saturated heterocycles. The van der Waals surface area contributed by atoms with E-state index >= 15 is 0 Å². The van der Waals surface area contributed by atoms with E-state index in [1.807, 2.05) is 0 Å². The van der Waals surface area contributed by atoms with Crippen molar-refractivity contribution in [2.75, 3.05) is 40.0 Å². The van der Waals surface area contributed by atoms with Crippen LogP contribution in [0.3, 0.4) is 0 Å². The second-order valence-electron chi connectivity index (χ2n) is 9.93. The van der Waals surface area contributed by atoms with Crippen LogP contribution in [0.4, 0.5) is 0 Å².